The number of likely N-dealkylation sites (N-methyl/N-ethyl adjacent to an activating group) is 1. The van der Waals surface area contributed by atoms with Crippen molar-refractivity contribution in [2.45, 2.75) is 6.54 Å². The standard InChI is InChI=1S/C20H28N4O3/c1-24(2)11-12-27-17-8-6-5-7-15(17)14-22-20(21)23-16-9-10-18(25-3)19(13-16)26-4/h5-10,13H,11-12,14H2,1-4H3,(H3,21,22,23). The van der Waals surface area contributed by atoms with Crippen LogP contribution in [-0.4, -0.2) is 52.3 Å². The van der Waals surface area contributed by atoms with Crippen molar-refractivity contribution < 1.29 is 14.2 Å². The molecule has 7 heteroatoms. The van der Waals surface area contributed by atoms with Gasteiger partial charge in [-0.2, -0.15) is 0 Å². The molecule has 0 saturated heterocycles. The minimum absolute atomic E-state index is 0.310. The van der Waals surface area contributed by atoms with Gasteiger partial charge >= 0.3 is 0 Å². The van der Waals surface area contributed by atoms with E-state index in [1.807, 2.05) is 50.5 Å². The Hall–Kier alpha value is -2.93. The predicted molar refractivity (Wildman–Crippen MR) is 109 cm³/mol. The number of methoxy groups -OCH3 is 2. The number of nitrogens with zero attached hydrogens (tertiary/aromatic N) is 2. The number of nitrogens with two attached hydrogens (primary N) is 1. The topological polar surface area (TPSA) is 81.3 Å². The summed E-state index contributed by atoms with van der Waals surface area (Å²) in [5, 5.41) is 3.06. The first-order chi connectivity index (χ1) is 13.0. The Balaban J connectivity index is 2.01. The fourth-order valence-corrected chi connectivity index (χ4v) is 2.39. The molecule has 2 aromatic rings. The zero-order valence-electron chi connectivity index (χ0n) is 16.4. The monoisotopic (exact) mass is 372 g/mol. The van der Waals surface area contributed by atoms with Crippen LogP contribution in [0.5, 0.6) is 17.2 Å². The van der Waals surface area contributed by atoms with Crippen LogP contribution < -0.4 is 25.3 Å². The van der Waals surface area contributed by atoms with Gasteiger partial charge in [-0.1, -0.05) is 18.2 Å². The highest BCUT2D eigenvalue weighted by atomic mass is 16.5. The number of guanidine groups is 1. The van der Waals surface area contributed by atoms with E-state index in [2.05, 4.69) is 15.2 Å². The Bertz CT molecular complexity index is 763. The van der Waals surface area contributed by atoms with Gasteiger partial charge in [-0.05, 0) is 32.3 Å². The van der Waals surface area contributed by atoms with E-state index in [1.54, 1.807) is 20.3 Å². The molecule has 0 bridgehead atoms. The molecular formula is C20H28N4O3. The van der Waals surface area contributed by atoms with Gasteiger partial charge < -0.3 is 30.2 Å². The molecule has 0 atom stereocenters. The lowest BCUT2D eigenvalue weighted by molar-refractivity contribution is 0.259. The van der Waals surface area contributed by atoms with Crippen LogP contribution in [-0.2, 0) is 6.54 Å². The van der Waals surface area contributed by atoms with Crippen LogP contribution in [0, 0.1) is 0 Å². The number of aliphatic imine (C=N–C) groups is 1. The number of para-hydroxylation sites is 1. The summed E-state index contributed by atoms with van der Waals surface area (Å²) in [4.78, 5) is 6.49. The van der Waals surface area contributed by atoms with E-state index in [-0.39, 0.29) is 0 Å². The maximum absolute atomic E-state index is 6.02. The van der Waals surface area contributed by atoms with E-state index >= 15 is 0 Å². The van der Waals surface area contributed by atoms with Gasteiger partial charge in [0.25, 0.3) is 0 Å². The van der Waals surface area contributed by atoms with Gasteiger partial charge in [0.05, 0.1) is 20.8 Å². The highest BCUT2D eigenvalue weighted by molar-refractivity contribution is 5.92. The summed E-state index contributed by atoms with van der Waals surface area (Å²) >= 11 is 0. The lowest BCUT2D eigenvalue weighted by Crippen LogP contribution is -2.22. The fourth-order valence-electron chi connectivity index (χ4n) is 2.39. The SMILES string of the molecule is COc1ccc(NC(N)=NCc2ccccc2OCCN(C)C)cc1OC. The highest BCUT2D eigenvalue weighted by Crippen LogP contribution is 2.29. The van der Waals surface area contributed by atoms with Crippen LogP contribution in [0.4, 0.5) is 5.69 Å². The molecule has 2 aromatic carbocycles. The van der Waals surface area contributed by atoms with Crippen molar-refractivity contribution in [2.24, 2.45) is 10.7 Å². The molecule has 0 aliphatic carbocycles. The van der Waals surface area contributed by atoms with E-state index in [9.17, 15) is 0 Å². The molecule has 0 fully saturated rings. The van der Waals surface area contributed by atoms with Crippen LogP contribution in [0.1, 0.15) is 5.56 Å². The van der Waals surface area contributed by atoms with Crippen molar-refractivity contribution in [3.05, 3.63) is 48.0 Å². The number of rotatable bonds is 9. The van der Waals surface area contributed by atoms with Gasteiger partial charge in [-0.3, -0.25) is 0 Å². The van der Waals surface area contributed by atoms with E-state index < -0.39 is 0 Å². The summed E-state index contributed by atoms with van der Waals surface area (Å²) in [6.07, 6.45) is 0. The van der Waals surface area contributed by atoms with Crippen molar-refractivity contribution in [3.8, 4) is 17.2 Å². The lowest BCUT2D eigenvalue weighted by Gasteiger charge is -2.13. The van der Waals surface area contributed by atoms with Gasteiger partial charge in [-0.15, -0.1) is 0 Å². The third kappa shape index (κ3) is 6.38. The van der Waals surface area contributed by atoms with Gasteiger partial charge in [0.15, 0.2) is 17.5 Å². The summed E-state index contributed by atoms with van der Waals surface area (Å²) in [7, 11) is 7.21. The van der Waals surface area contributed by atoms with Crippen LogP contribution in [0.2, 0.25) is 0 Å². The summed E-state index contributed by atoms with van der Waals surface area (Å²) in [5.74, 6) is 2.41. The first kappa shape index (κ1) is 20.4. The summed E-state index contributed by atoms with van der Waals surface area (Å²) in [6, 6.07) is 13.3. The number of anilines is 1. The number of nitrogens with one attached hydrogen (secondary N) is 1. The molecule has 0 radical (unpaired) electrons. The largest absolute Gasteiger partial charge is 0.493 e. The molecule has 0 saturated carbocycles. The molecule has 0 spiro atoms. The molecule has 3 N–H and O–H groups in total. The first-order valence-electron chi connectivity index (χ1n) is 8.68. The molecule has 0 aliphatic rings. The minimum atomic E-state index is 0.310. The zero-order valence-corrected chi connectivity index (χ0v) is 16.4. The van der Waals surface area contributed by atoms with Crippen molar-refractivity contribution in [3.63, 3.8) is 0 Å². The van der Waals surface area contributed by atoms with E-state index in [0.29, 0.717) is 30.6 Å². The fraction of sp³-hybridized carbons (Fsp3) is 0.350. The average molecular weight is 372 g/mol. The van der Waals surface area contributed by atoms with Gasteiger partial charge in [0, 0.05) is 23.9 Å². The molecule has 27 heavy (non-hydrogen) atoms. The quantitative estimate of drug-likeness (QED) is 0.520. The molecule has 0 aromatic heterocycles. The van der Waals surface area contributed by atoms with Gasteiger partial charge in [-0.25, -0.2) is 4.99 Å². The number of ether oxygens (including phenoxy) is 3. The van der Waals surface area contributed by atoms with E-state index in [1.165, 1.54) is 0 Å². The van der Waals surface area contributed by atoms with E-state index in [0.717, 1.165) is 23.5 Å². The van der Waals surface area contributed by atoms with Crippen molar-refractivity contribution in [1.29, 1.82) is 0 Å². The van der Waals surface area contributed by atoms with Crippen LogP contribution >= 0.6 is 0 Å². The highest BCUT2D eigenvalue weighted by Gasteiger charge is 2.06. The maximum Gasteiger partial charge on any atom is 0.193 e. The Morgan fingerprint density at radius 3 is 2.48 bits per heavy atom. The Kier molecular flexibility index (Phi) is 7.76. The van der Waals surface area contributed by atoms with Gasteiger partial charge in [0.1, 0.15) is 12.4 Å². The molecular weight excluding hydrogens is 344 g/mol. The van der Waals surface area contributed by atoms with Gasteiger partial charge in [0.2, 0.25) is 0 Å². The Morgan fingerprint density at radius 1 is 1.04 bits per heavy atom. The molecule has 2 rings (SSSR count). The smallest absolute Gasteiger partial charge is 0.193 e. The summed E-state index contributed by atoms with van der Waals surface area (Å²) in [6.45, 7) is 1.89. The summed E-state index contributed by atoms with van der Waals surface area (Å²) < 4.78 is 16.4. The second-order valence-corrected chi connectivity index (χ2v) is 6.16. The molecule has 0 unspecified atom stereocenters. The minimum Gasteiger partial charge on any atom is -0.493 e. The number of hydrogen-bond donors (Lipinski definition) is 2. The third-order valence-electron chi connectivity index (χ3n) is 3.84. The van der Waals surface area contributed by atoms with Crippen molar-refractivity contribution in [1.82, 2.24) is 4.90 Å². The van der Waals surface area contributed by atoms with Crippen molar-refractivity contribution in [2.75, 3.05) is 46.8 Å². The second kappa shape index (κ2) is 10.3. The molecule has 0 amide bonds. The van der Waals surface area contributed by atoms with Crippen LogP contribution in [0.25, 0.3) is 0 Å². The van der Waals surface area contributed by atoms with E-state index in [4.69, 9.17) is 19.9 Å². The summed E-state index contributed by atoms with van der Waals surface area (Å²) in [5.41, 5.74) is 7.77. The molecule has 7 nitrogen and oxygen atoms in total. The lowest BCUT2D eigenvalue weighted by atomic mass is 10.2. The molecule has 0 heterocycles. The maximum atomic E-state index is 6.02. The molecule has 0 aliphatic heterocycles. The number of benzene rings is 2. The number of hydrogen-bond acceptors (Lipinski definition) is 5. The van der Waals surface area contributed by atoms with Crippen LogP contribution in [0.3, 0.4) is 0 Å². The third-order valence-corrected chi connectivity index (χ3v) is 3.84. The Morgan fingerprint density at radius 2 is 1.78 bits per heavy atom. The normalized spacial score (nSPS) is 11.4. The van der Waals surface area contributed by atoms with Crippen LogP contribution in [0.15, 0.2) is 47.5 Å². The molecule has 146 valence electrons. The van der Waals surface area contributed by atoms with Crippen molar-refractivity contribution >= 4 is 11.6 Å². The second-order valence-electron chi connectivity index (χ2n) is 6.16. The average Bonchev–Trinajstić information content (AvgIpc) is 2.66. The first-order valence-corrected chi connectivity index (χ1v) is 8.68. The predicted octanol–water partition coefficient (Wildman–Crippen LogP) is 2.57. The Labute approximate surface area is 160 Å². The zero-order chi connectivity index (χ0) is 19.6.